The van der Waals surface area contributed by atoms with E-state index in [2.05, 4.69) is 22.1 Å². The van der Waals surface area contributed by atoms with Crippen molar-refractivity contribution in [2.24, 2.45) is 0 Å². The van der Waals surface area contributed by atoms with Crippen LogP contribution in [0, 0.1) is 11.8 Å². The van der Waals surface area contributed by atoms with Crippen LogP contribution in [0.2, 0.25) is 5.15 Å². The number of likely N-dealkylation sites (N-methyl/N-ethyl adjacent to an activating group) is 1. The number of nitrogens with one attached hydrogen (secondary N) is 1. The third-order valence-electron chi connectivity index (χ3n) is 13.8. The molecule has 1 amide bonds. The van der Waals surface area contributed by atoms with Crippen molar-refractivity contribution in [2.75, 3.05) is 34.9 Å². The predicted molar refractivity (Wildman–Crippen MR) is 253 cm³/mol. The van der Waals surface area contributed by atoms with Crippen LogP contribution in [0.3, 0.4) is 0 Å². The number of nitrogens with zero attached hydrogens (tertiary/aromatic N) is 2. The molecule has 3 fully saturated rings. The Kier molecular flexibility index (Phi) is 14.0. The zero-order valence-electron chi connectivity index (χ0n) is 40.8. The van der Waals surface area contributed by atoms with Gasteiger partial charge in [-0.2, -0.15) is 0 Å². The van der Waals surface area contributed by atoms with Gasteiger partial charge in [-0.15, -0.1) is 0 Å². The number of rotatable bonds is 11. The van der Waals surface area contributed by atoms with E-state index in [4.69, 9.17) is 59.0 Å². The molecule has 0 saturated carbocycles. The number of aliphatic hydroxyl groups excluding tert-OH is 2. The largest absolute Gasteiger partial charge is 0.507 e. The van der Waals surface area contributed by atoms with Crippen molar-refractivity contribution in [3.8, 4) is 40.6 Å². The van der Waals surface area contributed by atoms with E-state index in [1.54, 1.807) is 37.3 Å². The summed E-state index contributed by atoms with van der Waals surface area (Å²) in [5, 5.41) is 48.0. The molecule has 2 unspecified atom stereocenters. The predicted octanol–water partition coefficient (Wildman–Crippen LogP) is 3.51. The molecule has 8 heterocycles. The number of benzene rings is 2. The molecule has 20 heteroatoms. The van der Waals surface area contributed by atoms with E-state index in [0.29, 0.717) is 27.7 Å². The van der Waals surface area contributed by atoms with Gasteiger partial charge in [-0.1, -0.05) is 23.4 Å². The Morgan fingerprint density at radius 3 is 2.44 bits per heavy atom. The first-order chi connectivity index (χ1) is 33.7. The number of methoxy groups -OCH3 is 2. The number of aliphatic hydroxyl groups is 3. The standard InChI is InChI=1S/C51H60ClN3O16/c1-23(2)65-36-15-27-14-33(56)31(19-30(27)43(62-8)44(36)63-9)48(59)54-32-18-29-12-13-35(47(52)53-29)68-37-17-28-11-10-26(38(22-64-49(32)60)69-40-20-34(57)42(55(6)7)24(3)66-40)16-39-51(28,71-39)46(37)70-41-21-50(5,61)45(58)25(4)67-41/h12-17,19,23-25,32,34,37-42,45-46,56-58,61H,18,20-22H2,1-9H3,(H,54,59)/t24-,25-,32?,34-,37-,38?,39-,40-,41-,42+,45-,46+,50+,51+/m0/s1. The van der Waals surface area contributed by atoms with Gasteiger partial charge < -0.3 is 78.0 Å². The second-order valence-corrected chi connectivity index (χ2v) is 19.9. The van der Waals surface area contributed by atoms with Crippen LogP contribution in [0.1, 0.15) is 63.5 Å². The van der Waals surface area contributed by atoms with Gasteiger partial charge in [-0.3, -0.25) is 4.79 Å². The molecular formula is C51H60ClN3O16. The van der Waals surface area contributed by atoms with E-state index in [-0.39, 0.29) is 65.1 Å². The van der Waals surface area contributed by atoms with E-state index in [0.717, 1.165) is 0 Å². The Morgan fingerprint density at radius 2 is 1.76 bits per heavy atom. The molecule has 2 aromatic carbocycles. The number of carbonyl (C=O) groups excluding carboxylic acids is 2. The van der Waals surface area contributed by atoms with Crippen molar-refractivity contribution in [2.45, 2.75) is 145 Å². The van der Waals surface area contributed by atoms with Crippen LogP contribution in [-0.2, 0) is 39.6 Å². The molecule has 5 N–H and O–H groups in total. The SMILES string of the molecule is COc1c(OC(C)C)cc2cc(O)c(C(=O)NC3Cc4ccc(c(Cl)n4)O[C@H]4C=C5C#CC(=C[C@@H]6O[C@]56[C@@H]4O[C@H]4C[C@@](C)(O)[C@@H](O)[C@H](C)O4)C(O[C@H]4C[C@H](O)[C@H](N(C)C)[C@H](C)O4)COC3=O)cc2c1OC. The van der Waals surface area contributed by atoms with Gasteiger partial charge in [0.1, 0.15) is 48.9 Å². The van der Waals surface area contributed by atoms with E-state index >= 15 is 0 Å². The number of aromatic nitrogens is 1. The minimum atomic E-state index is -1.54. The molecule has 9 aliphatic rings. The molecule has 7 aliphatic heterocycles. The highest BCUT2D eigenvalue weighted by molar-refractivity contribution is 6.30. The number of carbonyl (C=O) groups is 2. The molecular weight excluding hydrogens is 946 g/mol. The summed E-state index contributed by atoms with van der Waals surface area (Å²) in [6, 6.07) is 5.88. The van der Waals surface area contributed by atoms with E-state index in [9.17, 15) is 30.0 Å². The molecule has 12 rings (SSSR count). The van der Waals surface area contributed by atoms with E-state index in [1.807, 2.05) is 39.8 Å². The molecule has 14 atom stereocenters. The lowest BCUT2D eigenvalue weighted by Gasteiger charge is -2.43. The number of hydrogen-bond donors (Lipinski definition) is 5. The van der Waals surface area contributed by atoms with Gasteiger partial charge in [0.05, 0.1) is 55.8 Å². The van der Waals surface area contributed by atoms with E-state index in [1.165, 1.54) is 33.3 Å². The van der Waals surface area contributed by atoms with Gasteiger partial charge in [0.15, 0.2) is 40.6 Å². The molecule has 71 heavy (non-hydrogen) atoms. The normalized spacial score (nSPS) is 34.3. The number of ether oxygens (including phenoxy) is 10. The number of fused-ring (bicyclic) bond motifs is 1. The highest BCUT2D eigenvalue weighted by Crippen LogP contribution is 2.55. The Hall–Kier alpha value is -5.24. The highest BCUT2D eigenvalue weighted by atomic mass is 35.5. The average Bonchev–Trinajstić information content (AvgIpc) is 3.97. The average molecular weight is 1010 g/mol. The summed E-state index contributed by atoms with van der Waals surface area (Å²) in [6.07, 6.45) is -5.71. The van der Waals surface area contributed by atoms with Crippen LogP contribution in [0.5, 0.6) is 28.7 Å². The van der Waals surface area contributed by atoms with Gasteiger partial charge in [-0.05, 0) is 96.6 Å². The Balaban J connectivity index is 1.07. The van der Waals surface area contributed by atoms with Crippen LogP contribution >= 0.6 is 11.6 Å². The van der Waals surface area contributed by atoms with Gasteiger partial charge >= 0.3 is 5.97 Å². The van der Waals surface area contributed by atoms with Crippen molar-refractivity contribution in [1.82, 2.24) is 15.2 Å². The maximum atomic E-state index is 14.5. The third-order valence-corrected chi connectivity index (χ3v) is 14.0. The van der Waals surface area contributed by atoms with Gasteiger partial charge in [0.2, 0.25) is 5.75 Å². The lowest BCUT2D eigenvalue weighted by molar-refractivity contribution is -0.290. The summed E-state index contributed by atoms with van der Waals surface area (Å²) >= 11 is 6.84. The first kappa shape index (κ1) is 50.7. The topological polar surface area (TPSA) is 239 Å². The number of phenols is 1. The summed E-state index contributed by atoms with van der Waals surface area (Å²) in [5.74, 6) is 5.36. The summed E-state index contributed by atoms with van der Waals surface area (Å²) in [6.45, 7) is 8.26. The minimum absolute atomic E-state index is 0.0704. The summed E-state index contributed by atoms with van der Waals surface area (Å²) in [5.41, 5.74) is -1.77. The lowest BCUT2D eigenvalue weighted by atomic mass is 9.88. The Morgan fingerprint density at radius 1 is 1.01 bits per heavy atom. The molecule has 3 aromatic rings. The molecule has 3 saturated heterocycles. The van der Waals surface area contributed by atoms with Crippen LogP contribution in [-0.4, -0.2) is 168 Å². The maximum absolute atomic E-state index is 14.5. The lowest BCUT2D eigenvalue weighted by Crippen LogP contribution is -2.57. The molecule has 0 radical (unpaired) electrons. The van der Waals surface area contributed by atoms with Gasteiger partial charge in [0.25, 0.3) is 5.91 Å². The van der Waals surface area contributed by atoms with E-state index < -0.39 is 103 Å². The van der Waals surface area contributed by atoms with Gasteiger partial charge in [-0.25, -0.2) is 9.78 Å². The second kappa shape index (κ2) is 19.6. The van der Waals surface area contributed by atoms with Crippen LogP contribution in [0.25, 0.3) is 10.8 Å². The quantitative estimate of drug-likeness (QED) is 0.0800. The monoisotopic (exact) mass is 1010 g/mol. The summed E-state index contributed by atoms with van der Waals surface area (Å²) in [4.78, 5) is 35.3. The van der Waals surface area contributed by atoms with Crippen molar-refractivity contribution in [3.05, 3.63) is 70.0 Å². The fourth-order valence-corrected chi connectivity index (χ4v) is 10.5. The Bertz CT molecular complexity index is 2690. The molecule has 6 bridgehead atoms. The fourth-order valence-electron chi connectivity index (χ4n) is 10.3. The van der Waals surface area contributed by atoms with Crippen molar-refractivity contribution < 1.29 is 77.4 Å². The number of amides is 1. The number of esters is 1. The van der Waals surface area contributed by atoms with Crippen molar-refractivity contribution >= 4 is 34.2 Å². The summed E-state index contributed by atoms with van der Waals surface area (Å²) in [7, 11) is 6.60. The first-order valence-electron chi connectivity index (χ1n) is 23.6. The first-order valence-corrected chi connectivity index (χ1v) is 24.0. The molecule has 382 valence electrons. The zero-order valence-corrected chi connectivity index (χ0v) is 41.6. The number of halogens is 1. The van der Waals surface area contributed by atoms with Crippen LogP contribution < -0.4 is 24.3 Å². The molecule has 1 spiro atoms. The van der Waals surface area contributed by atoms with Crippen LogP contribution in [0.15, 0.2) is 53.6 Å². The third kappa shape index (κ3) is 9.75. The highest BCUT2D eigenvalue weighted by Gasteiger charge is 2.70. The second-order valence-electron chi connectivity index (χ2n) is 19.5. The zero-order chi connectivity index (χ0) is 50.8. The van der Waals surface area contributed by atoms with Crippen molar-refractivity contribution in [1.29, 1.82) is 0 Å². The number of epoxide rings is 1. The summed E-state index contributed by atoms with van der Waals surface area (Å²) < 4.78 is 62.1. The fraction of sp³-hybridized carbons (Fsp3) is 0.549. The van der Waals surface area contributed by atoms with Crippen molar-refractivity contribution in [3.63, 3.8) is 0 Å². The maximum Gasteiger partial charge on any atom is 0.329 e. The number of phenolic OH excluding ortho intramolecular Hbond substituents is 1. The minimum Gasteiger partial charge on any atom is -0.507 e. The molecule has 2 aliphatic carbocycles. The Labute approximate surface area is 415 Å². The number of hydrogen-bond acceptors (Lipinski definition) is 18. The molecule has 1 aromatic heterocycles. The number of pyridine rings is 1. The van der Waals surface area contributed by atoms with Crippen LogP contribution in [0.4, 0.5) is 0 Å². The number of aromatic hydroxyl groups is 1. The smallest absolute Gasteiger partial charge is 0.329 e. The van der Waals surface area contributed by atoms with Gasteiger partial charge in [0, 0.05) is 41.5 Å². The molecule has 19 nitrogen and oxygen atoms in total.